The Balaban J connectivity index is 1.72. The van der Waals surface area contributed by atoms with Crippen LogP contribution in [0.3, 0.4) is 0 Å². The molecule has 140 valence electrons. The number of hydrogen-bond donors (Lipinski definition) is 2. The van der Waals surface area contributed by atoms with E-state index in [0.717, 1.165) is 4.90 Å². The van der Waals surface area contributed by atoms with Crippen molar-refractivity contribution < 1.29 is 19.1 Å². The predicted octanol–water partition coefficient (Wildman–Crippen LogP) is 2.75. The van der Waals surface area contributed by atoms with Gasteiger partial charge in [0.25, 0.3) is 5.91 Å². The van der Waals surface area contributed by atoms with Crippen LogP contribution in [0, 0.1) is 0 Å². The van der Waals surface area contributed by atoms with Gasteiger partial charge in [0.2, 0.25) is 5.91 Å². The summed E-state index contributed by atoms with van der Waals surface area (Å²) in [6, 6.07) is 13.0. The van der Waals surface area contributed by atoms with Crippen LogP contribution in [-0.4, -0.2) is 36.4 Å². The average Bonchev–Trinajstić information content (AvgIpc) is 2.87. The van der Waals surface area contributed by atoms with Crippen molar-refractivity contribution in [3.05, 3.63) is 59.1 Å². The molecule has 4 amide bonds. The maximum absolute atomic E-state index is 12.8. The summed E-state index contributed by atoms with van der Waals surface area (Å²) in [5.41, 5.74) is -0.126. The second-order valence-electron chi connectivity index (χ2n) is 6.21. The molecule has 1 saturated heterocycles. The minimum atomic E-state index is -1.21. The molecule has 0 aliphatic carbocycles. The molecule has 0 spiro atoms. The van der Waals surface area contributed by atoms with Gasteiger partial charge < -0.3 is 15.4 Å². The fraction of sp³-hybridized carbons (Fsp3) is 0.211. The Hall–Kier alpha value is -3.06. The van der Waals surface area contributed by atoms with Gasteiger partial charge in [0.05, 0.1) is 12.1 Å². The third-order valence-corrected chi connectivity index (χ3v) is 4.66. The van der Waals surface area contributed by atoms with Crippen LogP contribution >= 0.6 is 11.6 Å². The molecule has 2 aromatic carbocycles. The number of ether oxygens (including phenoxy) is 1. The van der Waals surface area contributed by atoms with Gasteiger partial charge in [0, 0.05) is 5.69 Å². The van der Waals surface area contributed by atoms with E-state index in [9.17, 15) is 14.4 Å². The zero-order chi connectivity index (χ0) is 19.6. The summed E-state index contributed by atoms with van der Waals surface area (Å²) in [7, 11) is 1.49. The summed E-state index contributed by atoms with van der Waals surface area (Å²) >= 11 is 6.03. The molecule has 0 unspecified atom stereocenters. The summed E-state index contributed by atoms with van der Waals surface area (Å²) in [5, 5.41) is 5.61. The predicted molar refractivity (Wildman–Crippen MR) is 101 cm³/mol. The molecule has 7 nitrogen and oxygen atoms in total. The van der Waals surface area contributed by atoms with Crippen LogP contribution in [0.4, 0.5) is 10.5 Å². The lowest BCUT2D eigenvalue weighted by Crippen LogP contribution is -2.42. The molecule has 1 heterocycles. The van der Waals surface area contributed by atoms with E-state index in [1.54, 1.807) is 43.3 Å². The fourth-order valence-corrected chi connectivity index (χ4v) is 3.15. The van der Waals surface area contributed by atoms with E-state index < -0.39 is 29.9 Å². The Morgan fingerprint density at radius 1 is 1.22 bits per heavy atom. The molecule has 3 rings (SSSR count). The highest BCUT2D eigenvalue weighted by atomic mass is 35.5. The van der Waals surface area contributed by atoms with E-state index in [4.69, 9.17) is 16.3 Å². The molecule has 1 atom stereocenters. The van der Waals surface area contributed by atoms with E-state index in [2.05, 4.69) is 10.6 Å². The second kappa shape index (κ2) is 7.28. The van der Waals surface area contributed by atoms with Crippen LogP contribution in [0.15, 0.2) is 48.5 Å². The molecular formula is C19H18ClN3O4. The molecule has 27 heavy (non-hydrogen) atoms. The standard InChI is InChI=1S/C19H18ClN3O4/c1-19(12-6-4-3-5-7-12)17(25)23(18(26)22-19)11-16(24)21-13-8-9-15(27-2)14(20)10-13/h3-10H,11H2,1-2H3,(H,21,24)(H,22,26)/t19-/m1/s1. The smallest absolute Gasteiger partial charge is 0.325 e. The number of hydrogen-bond acceptors (Lipinski definition) is 4. The maximum Gasteiger partial charge on any atom is 0.325 e. The number of carbonyl (C=O) groups is 3. The van der Waals surface area contributed by atoms with Crippen LogP contribution in [0.25, 0.3) is 0 Å². The van der Waals surface area contributed by atoms with E-state index >= 15 is 0 Å². The highest BCUT2D eigenvalue weighted by molar-refractivity contribution is 6.32. The number of nitrogens with one attached hydrogen (secondary N) is 2. The van der Waals surface area contributed by atoms with E-state index in [0.29, 0.717) is 22.0 Å². The SMILES string of the molecule is COc1ccc(NC(=O)CN2C(=O)N[C@](C)(c3ccccc3)C2=O)cc1Cl. The van der Waals surface area contributed by atoms with Crippen molar-refractivity contribution in [3.8, 4) is 5.75 Å². The first-order valence-electron chi connectivity index (χ1n) is 8.18. The molecular weight excluding hydrogens is 370 g/mol. The average molecular weight is 388 g/mol. The van der Waals surface area contributed by atoms with Crippen molar-refractivity contribution in [2.75, 3.05) is 19.0 Å². The largest absolute Gasteiger partial charge is 0.495 e. The number of amides is 4. The first-order valence-corrected chi connectivity index (χ1v) is 8.56. The number of methoxy groups -OCH3 is 1. The molecule has 1 aliphatic rings. The van der Waals surface area contributed by atoms with Gasteiger partial charge in [0.15, 0.2) is 0 Å². The van der Waals surface area contributed by atoms with E-state index in [1.807, 2.05) is 6.07 Å². The third kappa shape index (κ3) is 3.59. The molecule has 8 heteroatoms. The van der Waals surface area contributed by atoms with Crippen molar-refractivity contribution in [1.29, 1.82) is 0 Å². The normalized spacial score (nSPS) is 19.0. The van der Waals surface area contributed by atoms with Crippen molar-refractivity contribution >= 4 is 35.1 Å². The molecule has 0 aromatic heterocycles. The Morgan fingerprint density at radius 3 is 2.56 bits per heavy atom. The zero-order valence-corrected chi connectivity index (χ0v) is 15.5. The Morgan fingerprint density at radius 2 is 1.93 bits per heavy atom. The number of urea groups is 1. The number of nitrogens with zero attached hydrogens (tertiary/aromatic N) is 1. The number of imide groups is 1. The lowest BCUT2D eigenvalue weighted by molar-refractivity contribution is -0.133. The van der Waals surface area contributed by atoms with Crippen LogP contribution < -0.4 is 15.4 Å². The monoisotopic (exact) mass is 387 g/mol. The van der Waals surface area contributed by atoms with Crippen molar-refractivity contribution in [1.82, 2.24) is 10.2 Å². The summed E-state index contributed by atoms with van der Waals surface area (Å²) in [6.45, 7) is 1.21. The number of benzene rings is 2. The zero-order valence-electron chi connectivity index (χ0n) is 14.8. The third-order valence-electron chi connectivity index (χ3n) is 4.36. The van der Waals surface area contributed by atoms with Gasteiger partial charge in [-0.05, 0) is 30.7 Å². The number of rotatable bonds is 5. The molecule has 2 aromatic rings. The first kappa shape index (κ1) is 18.7. The number of halogens is 1. The van der Waals surface area contributed by atoms with Crippen molar-refractivity contribution in [3.63, 3.8) is 0 Å². The molecule has 0 bridgehead atoms. The van der Waals surface area contributed by atoms with E-state index in [-0.39, 0.29) is 0 Å². The second-order valence-corrected chi connectivity index (χ2v) is 6.62. The Kier molecular flexibility index (Phi) is 5.05. The quantitative estimate of drug-likeness (QED) is 0.772. The number of carbonyl (C=O) groups excluding carboxylic acids is 3. The van der Waals surface area contributed by atoms with Crippen molar-refractivity contribution in [2.24, 2.45) is 0 Å². The molecule has 0 saturated carbocycles. The molecule has 1 aliphatic heterocycles. The summed E-state index contributed by atoms with van der Waals surface area (Å²) in [4.78, 5) is 38.3. The Labute approximate surface area is 161 Å². The minimum absolute atomic E-state index is 0.335. The minimum Gasteiger partial charge on any atom is -0.495 e. The highest BCUT2D eigenvalue weighted by Gasteiger charge is 2.49. The topological polar surface area (TPSA) is 87.7 Å². The number of anilines is 1. The van der Waals surface area contributed by atoms with Crippen LogP contribution in [0.1, 0.15) is 12.5 Å². The lowest BCUT2D eigenvalue weighted by atomic mass is 9.92. The molecule has 2 N–H and O–H groups in total. The van der Waals surface area contributed by atoms with Gasteiger partial charge in [-0.2, -0.15) is 0 Å². The van der Waals surface area contributed by atoms with Crippen LogP contribution in [0.2, 0.25) is 5.02 Å². The van der Waals surface area contributed by atoms with Gasteiger partial charge >= 0.3 is 6.03 Å². The fourth-order valence-electron chi connectivity index (χ4n) is 2.90. The van der Waals surface area contributed by atoms with Crippen LogP contribution in [0.5, 0.6) is 5.75 Å². The van der Waals surface area contributed by atoms with Gasteiger partial charge in [-0.1, -0.05) is 41.9 Å². The van der Waals surface area contributed by atoms with Gasteiger partial charge in [-0.25, -0.2) is 4.79 Å². The summed E-state index contributed by atoms with van der Waals surface area (Å²) < 4.78 is 5.06. The van der Waals surface area contributed by atoms with Crippen LogP contribution in [-0.2, 0) is 15.1 Å². The van der Waals surface area contributed by atoms with Gasteiger partial charge in [-0.3, -0.25) is 14.5 Å². The molecule has 1 fully saturated rings. The summed E-state index contributed by atoms with van der Waals surface area (Å²) in [5.74, 6) is -0.527. The maximum atomic E-state index is 12.8. The molecule has 0 radical (unpaired) electrons. The highest BCUT2D eigenvalue weighted by Crippen LogP contribution is 2.29. The van der Waals surface area contributed by atoms with E-state index in [1.165, 1.54) is 13.2 Å². The lowest BCUT2D eigenvalue weighted by Gasteiger charge is -2.22. The Bertz CT molecular complexity index is 903. The van der Waals surface area contributed by atoms with Gasteiger partial charge in [0.1, 0.15) is 17.8 Å². The van der Waals surface area contributed by atoms with Gasteiger partial charge in [-0.15, -0.1) is 0 Å². The summed E-state index contributed by atoms with van der Waals surface area (Å²) in [6.07, 6.45) is 0. The first-order chi connectivity index (χ1) is 12.8. The van der Waals surface area contributed by atoms with Crippen molar-refractivity contribution in [2.45, 2.75) is 12.5 Å².